The number of carbonyl (C=O) groups is 2. The molecular formula is C13H15N5O2. The lowest BCUT2D eigenvalue weighted by molar-refractivity contribution is -0.119. The Labute approximate surface area is 115 Å². The Morgan fingerprint density at radius 2 is 2.05 bits per heavy atom. The average molecular weight is 273 g/mol. The first kappa shape index (κ1) is 13.8. The lowest BCUT2D eigenvalue weighted by atomic mass is 10.1. The predicted molar refractivity (Wildman–Crippen MR) is 76.0 cm³/mol. The molecule has 20 heavy (non-hydrogen) atoms. The van der Waals surface area contributed by atoms with Gasteiger partial charge in [-0.05, 0) is 12.1 Å². The van der Waals surface area contributed by atoms with E-state index in [0.29, 0.717) is 11.2 Å². The van der Waals surface area contributed by atoms with Crippen molar-refractivity contribution in [2.24, 2.45) is 5.84 Å². The summed E-state index contributed by atoms with van der Waals surface area (Å²) >= 11 is 0. The molecule has 7 nitrogen and oxygen atoms in total. The van der Waals surface area contributed by atoms with Crippen molar-refractivity contribution in [3.63, 3.8) is 0 Å². The number of para-hydroxylation sites is 1. The summed E-state index contributed by atoms with van der Waals surface area (Å²) in [5.74, 6) is 4.74. The molecule has 0 aliphatic rings. The van der Waals surface area contributed by atoms with E-state index in [1.807, 2.05) is 18.2 Å². The number of rotatable bonds is 4. The number of carbonyl (C=O) groups excluding carboxylic acids is 2. The zero-order valence-corrected chi connectivity index (χ0v) is 10.9. The molecule has 0 saturated heterocycles. The maximum absolute atomic E-state index is 12.0. The van der Waals surface area contributed by atoms with E-state index in [0.717, 1.165) is 5.39 Å². The molecule has 2 amide bonds. The molecule has 1 aromatic heterocycles. The number of nitrogen functional groups attached to an aromatic ring is 1. The Morgan fingerprint density at radius 1 is 1.30 bits per heavy atom. The van der Waals surface area contributed by atoms with Crippen LogP contribution < -0.4 is 21.9 Å². The van der Waals surface area contributed by atoms with Gasteiger partial charge in [0.15, 0.2) is 0 Å². The second-order valence-corrected chi connectivity index (χ2v) is 4.07. The number of nitrogens with zero attached hydrogens (tertiary/aromatic N) is 1. The van der Waals surface area contributed by atoms with Crippen molar-refractivity contribution >= 4 is 28.4 Å². The molecule has 0 saturated carbocycles. The molecule has 0 radical (unpaired) electrons. The molecule has 0 aliphatic carbocycles. The fraction of sp³-hybridized carbons (Fsp3) is 0.154. The Balaban J connectivity index is 2.30. The molecule has 104 valence electrons. The van der Waals surface area contributed by atoms with Gasteiger partial charge in [-0.2, -0.15) is 0 Å². The highest BCUT2D eigenvalue weighted by atomic mass is 16.2. The van der Waals surface area contributed by atoms with Crippen molar-refractivity contribution in [1.29, 1.82) is 0 Å². The molecule has 1 heterocycles. The summed E-state index contributed by atoms with van der Waals surface area (Å²) in [6, 6.07) is 8.86. The third kappa shape index (κ3) is 2.83. The average Bonchev–Trinajstić information content (AvgIpc) is 2.50. The van der Waals surface area contributed by atoms with Gasteiger partial charge in [0.1, 0.15) is 5.69 Å². The third-order valence-corrected chi connectivity index (χ3v) is 2.79. The van der Waals surface area contributed by atoms with Crippen molar-refractivity contribution in [2.45, 2.75) is 0 Å². The standard InChI is InChI=1S/C13H15N5O2/c1-15-12(19)7-16-13(20)11-6-10(18-14)8-4-2-3-5-9(8)17-11/h2-6H,7,14H2,1H3,(H,15,19)(H,16,20)(H,17,18). The number of anilines is 1. The number of fused-ring (bicyclic) bond motifs is 1. The number of benzene rings is 1. The minimum absolute atomic E-state index is 0.102. The molecule has 0 fully saturated rings. The highest BCUT2D eigenvalue weighted by molar-refractivity contribution is 6.00. The SMILES string of the molecule is CNC(=O)CNC(=O)c1cc(NN)c2ccccc2n1. The van der Waals surface area contributed by atoms with Gasteiger partial charge in [-0.15, -0.1) is 0 Å². The summed E-state index contributed by atoms with van der Waals surface area (Å²) in [4.78, 5) is 27.3. The molecule has 7 heteroatoms. The van der Waals surface area contributed by atoms with Crippen LogP contribution in [0.4, 0.5) is 5.69 Å². The van der Waals surface area contributed by atoms with Crippen LogP contribution in [0.5, 0.6) is 0 Å². The molecule has 1 aromatic carbocycles. The van der Waals surface area contributed by atoms with Gasteiger partial charge < -0.3 is 16.1 Å². The molecule has 0 bridgehead atoms. The second-order valence-electron chi connectivity index (χ2n) is 4.07. The Kier molecular flexibility index (Phi) is 4.11. The van der Waals surface area contributed by atoms with E-state index >= 15 is 0 Å². The van der Waals surface area contributed by atoms with Crippen molar-refractivity contribution in [2.75, 3.05) is 19.0 Å². The van der Waals surface area contributed by atoms with Gasteiger partial charge in [-0.1, -0.05) is 18.2 Å². The molecule has 2 rings (SSSR count). The van der Waals surface area contributed by atoms with Gasteiger partial charge in [0.25, 0.3) is 5.91 Å². The van der Waals surface area contributed by atoms with Crippen molar-refractivity contribution in [1.82, 2.24) is 15.6 Å². The van der Waals surface area contributed by atoms with Gasteiger partial charge in [0.2, 0.25) is 5.91 Å². The van der Waals surface area contributed by atoms with E-state index < -0.39 is 5.91 Å². The van der Waals surface area contributed by atoms with E-state index in [-0.39, 0.29) is 18.1 Å². The lowest BCUT2D eigenvalue weighted by Gasteiger charge is -2.09. The number of nitrogens with one attached hydrogen (secondary N) is 3. The normalized spacial score (nSPS) is 10.1. The van der Waals surface area contributed by atoms with Crippen molar-refractivity contribution in [3.8, 4) is 0 Å². The van der Waals surface area contributed by atoms with Crippen LogP contribution in [0, 0.1) is 0 Å². The van der Waals surface area contributed by atoms with E-state index in [1.165, 1.54) is 7.05 Å². The smallest absolute Gasteiger partial charge is 0.270 e. The minimum atomic E-state index is -0.434. The summed E-state index contributed by atoms with van der Waals surface area (Å²) in [7, 11) is 1.50. The highest BCUT2D eigenvalue weighted by Crippen LogP contribution is 2.22. The van der Waals surface area contributed by atoms with E-state index in [1.54, 1.807) is 12.1 Å². The quantitative estimate of drug-likeness (QED) is 0.463. The summed E-state index contributed by atoms with van der Waals surface area (Å²) in [6.45, 7) is -0.102. The predicted octanol–water partition coefficient (Wildman–Crippen LogP) is -0.00380. The van der Waals surface area contributed by atoms with Crippen LogP contribution in [-0.2, 0) is 4.79 Å². The van der Waals surface area contributed by atoms with Crippen molar-refractivity contribution in [3.05, 3.63) is 36.0 Å². The van der Waals surface area contributed by atoms with Gasteiger partial charge in [0, 0.05) is 12.4 Å². The zero-order chi connectivity index (χ0) is 14.5. The topological polar surface area (TPSA) is 109 Å². The minimum Gasteiger partial charge on any atom is -0.358 e. The van der Waals surface area contributed by atoms with Crippen LogP contribution in [0.15, 0.2) is 30.3 Å². The van der Waals surface area contributed by atoms with Gasteiger partial charge >= 0.3 is 0 Å². The largest absolute Gasteiger partial charge is 0.358 e. The number of likely N-dealkylation sites (N-methyl/N-ethyl adjacent to an activating group) is 1. The maximum Gasteiger partial charge on any atom is 0.270 e. The zero-order valence-electron chi connectivity index (χ0n) is 10.9. The number of amides is 2. The number of hydrogen-bond donors (Lipinski definition) is 4. The van der Waals surface area contributed by atoms with Gasteiger partial charge in [-0.25, -0.2) is 4.98 Å². The first-order valence-electron chi connectivity index (χ1n) is 6.01. The van der Waals surface area contributed by atoms with E-state index in [9.17, 15) is 9.59 Å². The summed E-state index contributed by atoms with van der Waals surface area (Å²) in [5.41, 5.74) is 3.98. The summed E-state index contributed by atoms with van der Waals surface area (Å²) in [5, 5.41) is 5.72. The number of aromatic nitrogens is 1. The van der Waals surface area contributed by atoms with Crippen LogP contribution in [0.3, 0.4) is 0 Å². The summed E-state index contributed by atoms with van der Waals surface area (Å²) < 4.78 is 0. The number of hydrazine groups is 1. The monoisotopic (exact) mass is 273 g/mol. The highest BCUT2D eigenvalue weighted by Gasteiger charge is 2.12. The van der Waals surface area contributed by atoms with Crippen LogP contribution in [0.25, 0.3) is 10.9 Å². The van der Waals surface area contributed by atoms with E-state index in [4.69, 9.17) is 5.84 Å². The third-order valence-electron chi connectivity index (χ3n) is 2.79. The Morgan fingerprint density at radius 3 is 2.75 bits per heavy atom. The first-order chi connectivity index (χ1) is 9.65. The number of pyridine rings is 1. The lowest BCUT2D eigenvalue weighted by Crippen LogP contribution is -2.35. The molecule has 0 atom stereocenters. The number of hydrogen-bond acceptors (Lipinski definition) is 5. The molecular weight excluding hydrogens is 258 g/mol. The first-order valence-corrected chi connectivity index (χ1v) is 6.01. The fourth-order valence-corrected chi connectivity index (χ4v) is 1.75. The maximum atomic E-state index is 12.0. The van der Waals surface area contributed by atoms with Crippen LogP contribution in [-0.4, -0.2) is 30.4 Å². The van der Waals surface area contributed by atoms with Crippen LogP contribution in [0.1, 0.15) is 10.5 Å². The second kappa shape index (κ2) is 5.98. The van der Waals surface area contributed by atoms with Gasteiger partial charge in [-0.3, -0.25) is 15.4 Å². The van der Waals surface area contributed by atoms with Crippen LogP contribution >= 0.6 is 0 Å². The van der Waals surface area contributed by atoms with Crippen LogP contribution in [0.2, 0.25) is 0 Å². The summed E-state index contributed by atoms with van der Waals surface area (Å²) in [6.07, 6.45) is 0. The molecule has 5 N–H and O–H groups in total. The van der Waals surface area contributed by atoms with E-state index in [2.05, 4.69) is 21.0 Å². The molecule has 0 aliphatic heterocycles. The fourth-order valence-electron chi connectivity index (χ4n) is 1.75. The molecule has 0 unspecified atom stereocenters. The van der Waals surface area contributed by atoms with Gasteiger partial charge in [0.05, 0.1) is 17.7 Å². The van der Waals surface area contributed by atoms with Crippen molar-refractivity contribution < 1.29 is 9.59 Å². The Hall–Kier alpha value is -2.67. The molecule has 0 spiro atoms. The number of nitrogens with two attached hydrogens (primary N) is 1. The molecule has 2 aromatic rings. The Bertz CT molecular complexity index is 656.